The summed E-state index contributed by atoms with van der Waals surface area (Å²) < 4.78 is 6.16. The Morgan fingerprint density at radius 3 is 2.48 bits per heavy atom. The lowest BCUT2D eigenvalue weighted by Crippen LogP contribution is -2.38. The Bertz CT molecular complexity index is 538. The van der Waals surface area contributed by atoms with Gasteiger partial charge in [0.1, 0.15) is 11.6 Å². The number of nitrogens with two attached hydrogens (primary N) is 1. The molecule has 0 aliphatic rings. The molecule has 0 heterocycles. The average molecular weight is 404 g/mol. The van der Waals surface area contributed by atoms with E-state index in [-0.39, 0.29) is 5.91 Å². The molecule has 0 fully saturated rings. The fourth-order valence-corrected chi connectivity index (χ4v) is 2.41. The first-order valence-corrected chi connectivity index (χ1v) is 7.71. The molecule has 6 heteroatoms. The fourth-order valence-electron chi connectivity index (χ4n) is 1.69. The number of ether oxygens (including phenoxy) is 1. The molecular formula is C15H21IN2O3. The van der Waals surface area contributed by atoms with Crippen molar-refractivity contribution < 1.29 is 14.3 Å². The summed E-state index contributed by atoms with van der Waals surface area (Å²) >= 11 is 2.13. The fraction of sp³-hybridized carbons (Fsp3) is 0.467. The van der Waals surface area contributed by atoms with Crippen molar-refractivity contribution in [1.82, 2.24) is 0 Å². The van der Waals surface area contributed by atoms with E-state index in [0.717, 1.165) is 14.8 Å². The molecule has 1 amide bonds. The number of halogens is 1. The molecule has 0 bridgehead atoms. The Balaban J connectivity index is 2.73. The first kappa shape index (κ1) is 17.9. The van der Waals surface area contributed by atoms with E-state index < -0.39 is 17.6 Å². The van der Waals surface area contributed by atoms with E-state index in [9.17, 15) is 9.59 Å². The third-order valence-electron chi connectivity index (χ3n) is 2.51. The third-order valence-corrected chi connectivity index (χ3v) is 3.40. The number of carbonyl (C=O) groups is 2. The highest BCUT2D eigenvalue weighted by atomic mass is 127. The Labute approximate surface area is 138 Å². The lowest BCUT2D eigenvalue weighted by atomic mass is 10.1. The highest BCUT2D eigenvalue weighted by molar-refractivity contribution is 14.1. The van der Waals surface area contributed by atoms with Crippen LogP contribution in [0.2, 0.25) is 0 Å². The summed E-state index contributed by atoms with van der Waals surface area (Å²) in [6.45, 7) is 6.89. The Morgan fingerprint density at radius 1 is 1.38 bits per heavy atom. The maximum atomic E-state index is 11.9. The molecule has 0 saturated carbocycles. The zero-order valence-corrected chi connectivity index (χ0v) is 14.9. The molecule has 0 aliphatic heterocycles. The van der Waals surface area contributed by atoms with Crippen molar-refractivity contribution in [2.75, 3.05) is 5.32 Å². The molecule has 1 rings (SSSR count). The Morgan fingerprint density at radius 2 is 2.00 bits per heavy atom. The van der Waals surface area contributed by atoms with Crippen LogP contribution in [0.5, 0.6) is 0 Å². The molecule has 1 aromatic rings. The number of hydrogen-bond acceptors (Lipinski definition) is 4. The van der Waals surface area contributed by atoms with Crippen LogP contribution in [0.25, 0.3) is 0 Å². The monoisotopic (exact) mass is 404 g/mol. The highest BCUT2D eigenvalue weighted by Crippen LogP contribution is 2.20. The molecule has 1 aromatic carbocycles. The van der Waals surface area contributed by atoms with Gasteiger partial charge in [0.2, 0.25) is 5.91 Å². The summed E-state index contributed by atoms with van der Waals surface area (Å²) in [5, 5.41) is 2.74. The van der Waals surface area contributed by atoms with E-state index in [1.807, 2.05) is 32.9 Å². The zero-order valence-electron chi connectivity index (χ0n) is 12.7. The summed E-state index contributed by atoms with van der Waals surface area (Å²) in [7, 11) is 0. The van der Waals surface area contributed by atoms with Crippen LogP contribution in [-0.4, -0.2) is 23.5 Å². The molecule has 0 spiro atoms. The Kier molecular flexibility index (Phi) is 6.15. The minimum absolute atomic E-state index is 0.119. The van der Waals surface area contributed by atoms with Crippen LogP contribution in [-0.2, 0) is 20.7 Å². The van der Waals surface area contributed by atoms with Crippen LogP contribution in [0.15, 0.2) is 18.2 Å². The summed E-state index contributed by atoms with van der Waals surface area (Å²) in [5.41, 5.74) is 7.01. The summed E-state index contributed by atoms with van der Waals surface area (Å²) in [6.07, 6.45) is 0.394. The van der Waals surface area contributed by atoms with Gasteiger partial charge in [-0.3, -0.25) is 9.59 Å². The molecule has 0 aromatic heterocycles. The molecule has 1 atom stereocenters. The maximum absolute atomic E-state index is 11.9. The van der Waals surface area contributed by atoms with Gasteiger partial charge < -0.3 is 15.8 Å². The van der Waals surface area contributed by atoms with E-state index in [0.29, 0.717) is 6.42 Å². The number of hydrogen-bond donors (Lipinski definition) is 2. The summed E-state index contributed by atoms with van der Waals surface area (Å²) in [4.78, 5) is 22.9. The van der Waals surface area contributed by atoms with Crippen LogP contribution in [0.3, 0.4) is 0 Å². The summed E-state index contributed by atoms with van der Waals surface area (Å²) in [6, 6.07) is 4.85. The van der Waals surface area contributed by atoms with Gasteiger partial charge in [-0.1, -0.05) is 6.07 Å². The molecular weight excluding hydrogens is 383 g/mol. The van der Waals surface area contributed by atoms with Gasteiger partial charge in [0.05, 0.1) is 5.69 Å². The van der Waals surface area contributed by atoms with Crippen LogP contribution < -0.4 is 11.1 Å². The molecule has 0 radical (unpaired) electrons. The van der Waals surface area contributed by atoms with E-state index in [4.69, 9.17) is 10.5 Å². The van der Waals surface area contributed by atoms with Gasteiger partial charge >= 0.3 is 5.97 Å². The van der Waals surface area contributed by atoms with Gasteiger partial charge in [-0.25, -0.2) is 0 Å². The van der Waals surface area contributed by atoms with Crippen molar-refractivity contribution in [3.63, 3.8) is 0 Å². The normalized spacial score (nSPS) is 12.7. The smallest absolute Gasteiger partial charge is 0.323 e. The maximum Gasteiger partial charge on any atom is 0.323 e. The van der Waals surface area contributed by atoms with Gasteiger partial charge in [-0.2, -0.15) is 0 Å². The lowest BCUT2D eigenvalue weighted by Gasteiger charge is -2.22. The van der Waals surface area contributed by atoms with E-state index in [1.165, 1.54) is 6.92 Å². The van der Waals surface area contributed by atoms with Crippen LogP contribution in [0, 0.1) is 3.57 Å². The molecule has 116 valence electrons. The standard InChI is InChI=1S/C15H21IN2O3/c1-9(19)18-13-6-5-10(7-11(13)16)8-12(17)14(20)21-15(2,3)4/h5-7,12H,8,17H2,1-4H3,(H,18,19). The van der Waals surface area contributed by atoms with Gasteiger partial charge in [-0.05, 0) is 67.5 Å². The molecule has 0 aliphatic carbocycles. The van der Waals surface area contributed by atoms with Crippen LogP contribution in [0.4, 0.5) is 5.69 Å². The van der Waals surface area contributed by atoms with Gasteiger partial charge in [-0.15, -0.1) is 0 Å². The second-order valence-electron chi connectivity index (χ2n) is 5.84. The molecule has 1 unspecified atom stereocenters. The van der Waals surface area contributed by atoms with E-state index >= 15 is 0 Å². The Hall–Kier alpha value is -1.15. The minimum atomic E-state index is -0.702. The second kappa shape index (κ2) is 7.22. The molecule has 0 saturated heterocycles. The SMILES string of the molecule is CC(=O)Nc1ccc(CC(N)C(=O)OC(C)(C)C)cc1I. The van der Waals surface area contributed by atoms with E-state index in [1.54, 1.807) is 6.07 Å². The highest BCUT2D eigenvalue weighted by Gasteiger charge is 2.22. The predicted octanol–water partition coefficient (Wildman–Crippen LogP) is 2.46. The van der Waals surface area contributed by atoms with Crippen molar-refractivity contribution in [2.45, 2.75) is 45.8 Å². The zero-order chi connectivity index (χ0) is 16.2. The number of esters is 1. The minimum Gasteiger partial charge on any atom is -0.459 e. The number of benzene rings is 1. The third kappa shape index (κ3) is 6.43. The predicted molar refractivity (Wildman–Crippen MR) is 91.0 cm³/mol. The molecule has 5 nitrogen and oxygen atoms in total. The van der Waals surface area contributed by atoms with Crippen molar-refractivity contribution in [2.24, 2.45) is 5.73 Å². The number of nitrogens with one attached hydrogen (secondary N) is 1. The van der Waals surface area contributed by atoms with Gasteiger partial charge in [0.25, 0.3) is 0 Å². The summed E-state index contributed by atoms with van der Waals surface area (Å²) in [5.74, 6) is -0.533. The number of anilines is 1. The van der Waals surface area contributed by atoms with Crippen molar-refractivity contribution in [3.8, 4) is 0 Å². The topological polar surface area (TPSA) is 81.4 Å². The lowest BCUT2D eigenvalue weighted by molar-refractivity contribution is -0.156. The molecule has 3 N–H and O–H groups in total. The van der Waals surface area contributed by atoms with Crippen LogP contribution >= 0.6 is 22.6 Å². The molecule has 21 heavy (non-hydrogen) atoms. The number of amides is 1. The second-order valence-corrected chi connectivity index (χ2v) is 7.00. The van der Waals surface area contributed by atoms with Gasteiger partial charge in [0, 0.05) is 10.5 Å². The van der Waals surface area contributed by atoms with Crippen molar-refractivity contribution in [1.29, 1.82) is 0 Å². The first-order valence-electron chi connectivity index (χ1n) is 6.63. The number of carbonyl (C=O) groups excluding carboxylic acids is 2. The average Bonchev–Trinajstić information content (AvgIpc) is 2.30. The van der Waals surface area contributed by atoms with Crippen molar-refractivity contribution >= 4 is 40.2 Å². The quantitative estimate of drug-likeness (QED) is 0.597. The van der Waals surface area contributed by atoms with Crippen molar-refractivity contribution in [3.05, 3.63) is 27.3 Å². The first-order chi connectivity index (χ1) is 9.58. The van der Waals surface area contributed by atoms with Crippen LogP contribution in [0.1, 0.15) is 33.3 Å². The largest absolute Gasteiger partial charge is 0.459 e. The number of rotatable bonds is 4. The van der Waals surface area contributed by atoms with Gasteiger partial charge in [0.15, 0.2) is 0 Å². The van der Waals surface area contributed by atoms with E-state index in [2.05, 4.69) is 27.9 Å².